The molecule has 2 saturated heterocycles. The number of carbonyl (C=O) groups is 2. The molecule has 0 bridgehead atoms. The maximum atomic E-state index is 12.6. The van der Waals surface area contributed by atoms with Crippen LogP contribution in [0, 0.1) is 5.92 Å². The van der Waals surface area contributed by atoms with E-state index in [9.17, 15) is 9.59 Å². The zero-order valence-electron chi connectivity index (χ0n) is 16.9. The molecule has 27 heavy (non-hydrogen) atoms. The fraction of sp³-hybridized carbons (Fsp3) is 0.833. The predicted octanol–water partition coefficient (Wildman–Crippen LogP) is 0.617. The first-order chi connectivity index (χ1) is 12.5. The molecule has 0 aliphatic carbocycles. The minimum absolute atomic E-state index is 0. The minimum atomic E-state index is -0.230. The van der Waals surface area contributed by atoms with Gasteiger partial charge >= 0.3 is 5.97 Å². The van der Waals surface area contributed by atoms with Gasteiger partial charge in [-0.05, 0) is 19.8 Å². The Kier molecular flexibility index (Phi) is 10.4. The van der Waals surface area contributed by atoms with Crippen molar-refractivity contribution in [3.8, 4) is 0 Å². The van der Waals surface area contributed by atoms with Crippen LogP contribution in [0.3, 0.4) is 0 Å². The summed E-state index contributed by atoms with van der Waals surface area (Å²) in [6.45, 7) is 9.41. The lowest BCUT2D eigenvalue weighted by Gasteiger charge is -2.39. The molecule has 0 radical (unpaired) electrons. The maximum absolute atomic E-state index is 12.6. The van der Waals surface area contributed by atoms with E-state index in [1.165, 1.54) is 7.11 Å². The van der Waals surface area contributed by atoms with Gasteiger partial charge in [0.25, 0.3) is 0 Å². The Bertz CT molecular complexity index is 517. The molecule has 2 aliphatic heterocycles. The Balaban J connectivity index is 0.00000364. The summed E-state index contributed by atoms with van der Waals surface area (Å²) in [4.78, 5) is 34.8. The molecular formula is C18H34IN5O3. The highest BCUT2D eigenvalue weighted by Crippen LogP contribution is 2.14. The second-order valence-corrected chi connectivity index (χ2v) is 7.08. The lowest BCUT2D eigenvalue weighted by atomic mass is 10.2. The SMILES string of the molecule is CN=C(NCC(C)C(=O)OC)N1CCN(C(C)C(=O)N2CCCC2)CC1.I. The van der Waals surface area contributed by atoms with Crippen LogP contribution in [0.25, 0.3) is 0 Å². The molecular weight excluding hydrogens is 461 g/mol. The second-order valence-electron chi connectivity index (χ2n) is 7.08. The predicted molar refractivity (Wildman–Crippen MR) is 116 cm³/mol. The van der Waals surface area contributed by atoms with Gasteiger partial charge in [0, 0.05) is 52.9 Å². The molecule has 0 spiro atoms. The van der Waals surface area contributed by atoms with Gasteiger partial charge in [-0.25, -0.2) is 0 Å². The quantitative estimate of drug-likeness (QED) is 0.261. The van der Waals surface area contributed by atoms with E-state index in [1.54, 1.807) is 7.05 Å². The zero-order chi connectivity index (χ0) is 19.1. The van der Waals surface area contributed by atoms with Crippen LogP contribution >= 0.6 is 24.0 Å². The second kappa shape index (κ2) is 11.7. The lowest BCUT2D eigenvalue weighted by molar-refractivity contribution is -0.144. The number of hydrogen-bond acceptors (Lipinski definition) is 5. The van der Waals surface area contributed by atoms with E-state index in [2.05, 4.69) is 20.1 Å². The minimum Gasteiger partial charge on any atom is -0.469 e. The normalized spacial score (nSPS) is 20.7. The van der Waals surface area contributed by atoms with Crippen molar-refractivity contribution < 1.29 is 14.3 Å². The number of methoxy groups -OCH3 is 1. The third-order valence-electron chi connectivity index (χ3n) is 5.32. The van der Waals surface area contributed by atoms with Crippen molar-refractivity contribution in [2.24, 2.45) is 10.9 Å². The number of nitrogens with one attached hydrogen (secondary N) is 1. The lowest BCUT2D eigenvalue weighted by Crippen LogP contribution is -2.57. The van der Waals surface area contributed by atoms with Gasteiger partial charge in [0.15, 0.2) is 5.96 Å². The molecule has 8 nitrogen and oxygen atoms in total. The highest BCUT2D eigenvalue weighted by atomic mass is 127. The fourth-order valence-corrected chi connectivity index (χ4v) is 3.54. The highest BCUT2D eigenvalue weighted by molar-refractivity contribution is 14.0. The van der Waals surface area contributed by atoms with Crippen LogP contribution in [-0.4, -0.2) is 98.5 Å². The Morgan fingerprint density at radius 1 is 1.04 bits per heavy atom. The average Bonchev–Trinajstić information content (AvgIpc) is 3.21. The van der Waals surface area contributed by atoms with Crippen LogP contribution in [-0.2, 0) is 14.3 Å². The van der Waals surface area contributed by atoms with Crippen LogP contribution in [0.5, 0.6) is 0 Å². The summed E-state index contributed by atoms with van der Waals surface area (Å²) >= 11 is 0. The van der Waals surface area contributed by atoms with Gasteiger partial charge in [-0.2, -0.15) is 0 Å². The first-order valence-electron chi connectivity index (χ1n) is 9.54. The molecule has 0 aromatic rings. The van der Waals surface area contributed by atoms with Gasteiger partial charge in [-0.1, -0.05) is 6.92 Å². The number of nitrogens with zero attached hydrogens (tertiary/aromatic N) is 4. The summed E-state index contributed by atoms with van der Waals surface area (Å²) in [7, 11) is 3.15. The standard InChI is InChI=1S/C18H33N5O3.HI/c1-14(17(25)26-4)13-20-18(19-3)23-11-9-21(10-12-23)15(2)16(24)22-7-5-6-8-22;/h14-15H,5-13H2,1-4H3,(H,19,20);1H. The molecule has 2 aliphatic rings. The topological polar surface area (TPSA) is 77.5 Å². The molecule has 2 rings (SSSR count). The molecule has 156 valence electrons. The first-order valence-corrected chi connectivity index (χ1v) is 9.54. The van der Waals surface area contributed by atoms with Gasteiger partial charge < -0.3 is 19.9 Å². The van der Waals surface area contributed by atoms with Gasteiger partial charge in [-0.3, -0.25) is 19.5 Å². The van der Waals surface area contributed by atoms with Gasteiger partial charge in [0.05, 0.1) is 19.1 Å². The number of guanidine groups is 1. The summed E-state index contributed by atoms with van der Waals surface area (Å²) in [5.41, 5.74) is 0. The molecule has 1 N–H and O–H groups in total. The highest BCUT2D eigenvalue weighted by Gasteiger charge is 2.30. The van der Waals surface area contributed by atoms with Crippen molar-refractivity contribution in [2.75, 3.05) is 60.0 Å². The Morgan fingerprint density at radius 3 is 2.15 bits per heavy atom. The number of carbonyl (C=O) groups excluding carboxylic acids is 2. The Morgan fingerprint density at radius 2 is 1.63 bits per heavy atom. The van der Waals surface area contributed by atoms with E-state index in [1.807, 2.05) is 18.7 Å². The molecule has 2 fully saturated rings. The largest absolute Gasteiger partial charge is 0.469 e. The number of aliphatic imine (C=N–C) groups is 1. The first kappa shape index (κ1) is 23.9. The number of esters is 1. The number of amides is 1. The summed E-state index contributed by atoms with van der Waals surface area (Å²) in [6.07, 6.45) is 2.25. The van der Waals surface area contributed by atoms with Crippen molar-refractivity contribution in [3.63, 3.8) is 0 Å². The molecule has 2 unspecified atom stereocenters. The number of rotatable bonds is 5. The molecule has 9 heteroatoms. The van der Waals surface area contributed by atoms with E-state index >= 15 is 0 Å². The number of piperazine rings is 1. The summed E-state index contributed by atoms with van der Waals surface area (Å²) in [5.74, 6) is 0.590. The van der Waals surface area contributed by atoms with Crippen LogP contribution in [0.15, 0.2) is 4.99 Å². The number of halogens is 1. The number of likely N-dealkylation sites (tertiary alicyclic amines) is 1. The van der Waals surface area contributed by atoms with E-state index in [0.29, 0.717) is 6.54 Å². The summed E-state index contributed by atoms with van der Waals surface area (Å²) in [6, 6.07) is -0.0652. The zero-order valence-corrected chi connectivity index (χ0v) is 19.3. The monoisotopic (exact) mass is 495 g/mol. The van der Waals surface area contributed by atoms with Gasteiger partial charge in [0.1, 0.15) is 0 Å². The van der Waals surface area contributed by atoms with Gasteiger partial charge in [0.2, 0.25) is 5.91 Å². The van der Waals surface area contributed by atoms with Crippen LogP contribution in [0.4, 0.5) is 0 Å². The van der Waals surface area contributed by atoms with Crippen molar-refractivity contribution in [1.29, 1.82) is 0 Å². The molecule has 0 aromatic carbocycles. The number of ether oxygens (including phenoxy) is 1. The molecule has 1 amide bonds. The molecule has 0 aromatic heterocycles. The van der Waals surface area contributed by atoms with E-state index in [4.69, 9.17) is 4.74 Å². The van der Waals surface area contributed by atoms with Crippen LogP contribution in [0.2, 0.25) is 0 Å². The Hall–Kier alpha value is -1.10. The van der Waals surface area contributed by atoms with E-state index in [0.717, 1.165) is 58.1 Å². The average molecular weight is 495 g/mol. The van der Waals surface area contributed by atoms with Crippen molar-refractivity contribution in [2.45, 2.75) is 32.7 Å². The third-order valence-corrected chi connectivity index (χ3v) is 5.32. The fourth-order valence-electron chi connectivity index (χ4n) is 3.54. The summed E-state index contributed by atoms with van der Waals surface area (Å²) < 4.78 is 4.75. The third kappa shape index (κ3) is 6.48. The number of hydrogen-bond donors (Lipinski definition) is 1. The molecule has 2 atom stereocenters. The van der Waals surface area contributed by atoms with Crippen LogP contribution < -0.4 is 5.32 Å². The molecule has 0 saturated carbocycles. The van der Waals surface area contributed by atoms with E-state index in [-0.39, 0.29) is 47.8 Å². The van der Waals surface area contributed by atoms with Crippen molar-refractivity contribution >= 4 is 41.8 Å². The Labute approximate surface area is 179 Å². The maximum Gasteiger partial charge on any atom is 0.310 e. The smallest absolute Gasteiger partial charge is 0.310 e. The van der Waals surface area contributed by atoms with Crippen LogP contribution in [0.1, 0.15) is 26.7 Å². The van der Waals surface area contributed by atoms with Crippen molar-refractivity contribution in [3.05, 3.63) is 0 Å². The van der Waals surface area contributed by atoms with Crippen molar-refractivity contribution in [1.82, 2.24) is 20.0 Å². The van der Waals surface area contributed by atoms with E-state index < -0.39 is 0 Å². The van der Waals surface area contributed by atoms with Gasteiger partial charge in [-0.15, -0.1) is 24.0 Å². The summed E-state index contributed by atoms with van der Waals surface area (Å²) in [5, 5.41) is 3.25. The molecule has 2 heterocycles.